The highest BCUT2D eigenvalue weighted by Crippen LogP contribution is 2.18. The lowest BCUT2D eigenvalue weighted by molar-refractivity contribution is 0.586. The molecule has 2 N–H and O–H groups in total. The predicted molar refractivity (Wildman–Crippen MR) is 62.5 cm³/mol. The minimum Gasteiger partial charge on any atom is -0.326 e. The number of halogens is 1. The third kappa shape index (κ3) is 3.32. The first-order valence-electron chi connectivity index (χ1n) is 5.11. The van der Waals surface area contributed by atoms with Gasteiger partial charge in [0.15, 0.2) is 0 Å². The van der Waals surface area contributed by atoms with Crippen LogP contribution in [0, 0.1) is 5.92 Å². The molecule has 0 saturated heterocycles. The summed E-state index contributed by atoms with van der Waals surface area (Å²) in [6, 6.07) is 6.15. The Morgan fingerprint density at radius 2 is 2.07 bits per heavy atom. The van der Waals surface area contributed by atoms with Gasteiger partial charge in [0.05, 0.1) is 0 Å². The molecule has 14 heavy (non-hydrogen) atoms. The van der Waals surface area contributed by atoms with Crippen molar-refractivity contribution < 1.29 is 0 Å². The van der Waals surface area contributed by atoms with E-state index in [-0.39, 0.29) is 0 Å². The van der Waals surface area contributed by atoms with E-state index in [0.29, 0.717) is 6.54 Å². The molecule has 1 nitrogen and oxygen atoms in total. The normalized spacial score (nSPS) is 10.9. The quantitative estimate of drug-likeness (QED) is 0.812. The van der Waals surface area contributed by atoms with Crippen LogP contribution >= 0.6 is 11.6 Å². The first-order valence-corrected chi connectivity index (χ1v) is 5.48. The molecule has 0 aliphatic heterocycles. The van der Waals surface area contributed by atoms with Crippen molar-refractivity contribution >= 4 is 11.6 Å². The van der Waals surface area contributed by atoms with Crippen LogP contribution < -0.4 is 5.73 Å². The molecule has 1 aromatic rings. The maximum atomic E-state index is 5.98. The minimum absolute atomic E-state index is 0.522. The molecule has 0 aliphatic carbocycles. The van der Waals surface area contributed by atoms with Crippen molar-refractivity contribution in [2.75, 3.05) is 0 Å². The first kappa shape index (κ1) is 11.5. The maximum absolute atomic E-state index is 5.98. The number of rotatable bonds is 4. The number of benzene rings is 1. The van der Waals surface area contributed by atoms with E-state index in [4.69, 9.17) is 17.3 Å². The van der Waals surface area contributed by atoms with Crippen LogP contribution in [0.2, 0.25) is 5.02 Å². The summed E-state index contributed by atoms with van der Waals surface area (Å²) < 4.78 is 0. The van der Waals surface area contributed by atoms with E-state index >= 15 is 0 Å². The summed E-state index contributed by atoms with van der Waals surface area (Å²) in [4.78, 5) is 0. The van der Waals surface area contributed by atoms with E-state index in [1.54, 1.807) is 0 Å². The Kier molecular flexibility index (Phi) is 4.43. The number of hydrogen-bond donors (Lipinski definition) is 1. The zero-order valence-electron chi connectivity index (χ0n) is 8.89. The Balaban J connectivity index is 2.69. The Bertz CT molecular complexity index is 294. The zero-order valence-corrected chi connectivity index (χ0v) is 9.64. The van der Waals surface area contributed by atoms with Crippen LogP contribution in [0.15, 0.2) is 18.2 Å². The molecule has 0 radical (unpaired) electrons. The van der Waals surface area contributed by atoms with Gasteiger partial charge in [-0.3, -0.25) is 0 Å². The van der Waals surface area contributed by atoms with Gasteiger partial charge < -0.3 is 5.73 Å². The molecule has 2 heteroatoms. The van der Waals surface area contributed by atoms with E-state index in [0.717, 1.165) is 22.9 Å². The highest BCUT2D eigenvalue weighted by atomic mass is 35.5. The third-order valence-corrected chi connectivity index (χ3v) is 2.71. The van der Waals surface area contributed by atoms with Gasteiger partial charge in [-0.2, -0.15) is 0 Å². The molecule has 0 heterocycles. The van der Waals surface area contributed by atoms with Crippen molar-refractivity contribution in [2.24, 2.45) is 11.7 Å². The van der Waals surface area contributed by atoms with Crippen LogP contribution in [-0.4, -0.2) is 0 Å². The van der Waals surface area contributed by atoms with Gasteiger partial charge in [-0.25, -0.2) is 0 Å². The van der Waals surface area contributed by atoms with Crippen LogP contribution in [0.1, 0.15) is 31.4 Å². The molecule has 1 aromatic carbocycles. The summed E-state index contributed by atoms with van der Waals surface area (Å²) in [6.07, 6.45) is 2.33. The van der Waals surface area contributed by atoms with Gasteiger partial charge in [0.25, 0.3) is 0 Å². The summed E-state index contributed by atoms with van der Waals surface area (Å²) in [6.45, 7) is 4.99. The van der Waals surface area contributed by atoms with Gasteiger partial charge >= 0.3 is 0 Å². The second-order valence-corrected chi connectivity index (χ2v) is 4.47. The molecule has 0 spiro atoms. The van der Waals surface area contributed by atoms with Crippen LogP contribution in [0.25, 0.3) is 0 Å². The Morgan fingerprint density at radius 1 is 1.36 bits per heavy atom. The lowest BCUT2D eigenvalue weighted by atomic mass is 10.0. The standard InChI is InChI=1S/C12H18ClN/c1-9(2)3-4-10-5-6-12(13)11(7-10)8-14/h5-7,9H,3-4,8,14H2,1-2H3. The second-order valence-electron chi connectivity index (χ2n) is 4.06. The molecular weight excluding hydrogens is 194 g/mol. The Morgan fingerprint density at radius 3 is 2.64 bits per heavy atom. The van der Waals surface area contributed by atoms with Crippen molar-refractivity contribution in [3.05, 3.63) is 34.3 Å². The molecule has 1 rings (SSSR count). The van der Waals surface area contributed by atoms with Gasteiger partial charge in [-0.05, 0) is 36.0 Å². The summed E-state index contributed by atoms with van der Waals surface area (Å²) in [5, 5.41) is 0.779. The molecule has 78 valence electrons. The van der Waals surface area contributed by atoms with Gasteiger partial charge in [0.1, 0.15) is 0 Å². The molecule has 0 bridgehead atoms. The first-order chi connectivity index (χ1) is 6.63. The van der Waals surface area contributed by atoms with Gasteiger partial charge in [-0.15, -0.1) is 0 Å². The SMILES string of the molecule is CC(C)CCc1ccc(Cl)c(CN)c1. The van der Waals surface area contributed by atoms with Crippen molar-refractivity contribution in [3.63, 3.8) is 0 Å². The fourth-order valence-electron chi connectivity index (χ4n) is 1.40. The molecule has 0 saturated carbocycles. The molecule has 0 unspecified atom stereocenters. The highest BCUT2D eigenvalue weighted by Gasteiger charge is 2.01. The van der Waals surface area contributed by atoms with Crippen LogP contribution in [-0.2, 0) is 13.0 Å². The topological polar surface area (TPSA) is 26.0 Å². The van der Waals surface area contributed by atoms with E-state index in [9.17, 15) is 0 Å². The smallest absolute Gasteiger partial charge is 0.0451 e. The lowest BCUT2D eigenvalue weighted by Gasteiger charge is -2.07. The maximum Gasteiger partial charge on any atom is 0.0451 e. The molecule has 0 amide bonds. The van der Waals surface area contributed by atoms with E-state index in [1.165, 1.54) is 12.0 Å². The highest BCUT2D eigenvalue weighted by molar-refractivity contribution is 6.31. The van der Waals surface area contributed by atoms with Crippen LogP contribution in [0.4, 0.5) is 0 Å². The zero-order chi connectivity index (χ0) is 10.6. The summed E-state index contributed by atoms with van der Waals surface area (Å²) in [5.74, 6) is 0.743. The van der Waals surface area contributed by atoms with Crippen LogP contribution in [0.5, 0.6) is 0 Å². The summed E-state index contributed by atoms with van der Waals surface area (Å²) in [7, 11) is 0. The third-order valence-electron chi connectivity index (χ3n) is 2.34. The second kappa shape index (κ2) is 5.38. The van der Waals surface area contributed by atoms with E-state index in [2.05, 4.69) is 26.0 Å². The summed E-state index contributed by atoms with van der Waals surface area (Å²) >= 11 is 5.98. The number of hydrogen-bond acceptors (Lipinski definition) is 1. The summed E-state index contributed by atoms with van der Waals surface area (Å²) in [5.41, 5.74) is 7.98. The Labute approximate surface area is 91.3 Å². The van der Waals surface area contributed by atoms with Crippen molar-refractivity contribution in [3.8, 4) is 0 Å². The average molecular weight is 212 g/mol. The van der Waals surface area contributed by atoms with E-state index < -0.39 is 0 Å². The number of aryl methyl sites for hydroxylation is 1. The van der Waals surface area contributed by atoms with Crippen molar-refractivity contribution in [2.45, 2.75) is 33.2 Å². The fourth-order valence-corrected chi connectivity index (χ4v) is 1.59. The van der Waals surface area contributed by atoms with Gasteiger partial charge in [0, 0.05) is 11.6 Å². The largest absolute Gasteiger partial charge is 0.326 e. The average Bonchev–Trinajstić information content (AvgIpc) is 2.16. The molecule has 0 aromatic heterocycles. The van der Waals surface area contributed by atoms with Gasteiger partial charge in [0.2, 0.25) is 0 Å². The molecule has 0 aliphatic rings. The lowest BCUT2D eigenvalue weighted by Crippen LogP contribution is -1.99. The molecule has 0 fully saturated rings. The fraction of sp³-hybridized carbons (Fsp3) is 0.500. The minimum atomic E-state index is 0.522. The predicted octanol–water partition coefficient (Wildman–Crippen LogP) is 3.39. The van der Waals surface area contributed by atoms with Crippen molar-refractivity contribution in [1.29, 1.82) is 0 Å². The Hall–Kier alpha value is -0.530. The molecule has 0 atom stereocenters. The number of nitrogens with two attached hydrogens (primary N) is 1. The van der Waals surface area contributed by atoms with Crippen LogP contribution in [0.3, 0.4) is 0 Å². The van der Waals surface area contributed by atoms with Crippen molar-refractivity contribution in [1.82, 2.24) is 0 Å². The molecular formula is C12H18ClN. The monoisotopic (exact) mass is 211 g/mol. The van der Waals surface area contributed by atoms with E-state index in [1.807, 2.05) is 6.07 Å². The van der Waals surface area contributed by atoms with Gasteiger partial charge in [-0.1, -0.05) is 37.6 Å².